The lowest BCUT2D eigenvalue weighted by Gasteiger charge is -2.16. The topological polar surface area (TPSA) is 45.8 Å². The van der Waals surface area contributed by atoms with Crippen molar-refractivity contribution in [3.8, 4) is 11.8 Å². The molecule has 0 aromatic carbocycles. The van der Waals surface area contributed by atoms with Crippen LogP contribution in [0.2, 0.25) is 0 Å². The van der Waals surface area contributed by atoms with Crippen LogP contribution >= 0.6 is 0 Å². The number of aliphatic hydroxyl groups excluding tert-OH is 1. The molecule has 0 aliphatic heterocycles. The SMILES string of the molecule is CCN(CC=CC#CC(C)(C)OC)Cc1ccc(C=CCO)o1. The van der Waals surface area contributed by atoms with E-state index in [1.165, 1.54) is 0 Å². The zero-order valence-electron chi connectivity index (χ0n) is 14.5. The van der Waals surface area contributed by atoms with Crippen molar-refractivity contribution in [3.05, 3.63) is 41.9 Å². The van der Waals surface area contributed by atoms with Crippen LogP contribution in [0.1, 0.15) is 32.3 Å². The first kappa shape index (κ1) is 19.2. The predicted octanol–water partition coefficient (Wildman–Crippen LogP) is 3.09. The molecule has 1 rings (SSSR count). The molecule has 0 saturated carbocycles. The van der Waals surface area contributed by atoms with Crippen molar-refractivity contribution in [2.24, 2.45) is 0 Å². The number of rotatable bonds is 8. The van der Waals surface area contributed by atoms with Crippen molar-refractivity contribution in [2.45, 2.75) is 32.9 Å². The number of nitrogens with zero attached hydrogens (tertiary/aromatic N) is 1. The minimum Gasteiger partial charge on any atom is -0.460 e. The zero-order chi connectivity index (χ0) is 17.1. The standard InChI is InChI=1S/C19H27NO3/c1-5-20(14-8-6-7-13-19(2,3)22-4)16-18-12-11-17(23-18)10-9-15-21/h6,8-12,21H,5,14-16H2,1-4H3. The van der Waals surface area contributed by atoms with Gasteiger partial charge in [-0.2, -0.15) is 0 Å². The number of aliphatic hydroxyl groups is 1. The summed E-state index contributed by atoms with van der Waals surface area (Å²) in [5, 5.41) is 8.76. The summed E-state index contributed by atoms with van der Waals surface area (Å²) in [4.78, 5) is 2.25. The predicted molar refractivity (Wildman–Crippen MR) is 93.8 cm³/mol. The number of furan rings is 1. The van der Waals surface area contributed by atoms with Crippen molar-refractivity contribution >= 4 is 6.08 Å². The van der Waals surface area contributed by atoms with Gasteiger partial charge < -0.3 is 14.3 Å². The molecule has 0 aliphatic rings. The minimum absolute atomic E-state index is 0.0167. The molecule has 1 N–H and O–H groups in total. The Morgan fingerprint density at radius 1 is 1.35 bits per heavy atom. The third-order valence-corrected chi connectivity index (χ3v) is 3.34. The van der Waals surface area contributed by atoms with Gasteiger partial charge in [-0.3, -0.25) is 4.90 Å². The van der Waals surface area contributed by atoms with Crippen LogP contribution in [0.15, 0.2) is 34.8 Å². The molecule has 0 bridgehead atoms. The first-order valence-electron chi connectivity index (χ1n) is 7.82. The fourth-order valence-electron chi connectivity index (χ4n) is 1.79. The molecule has 4 nitrogen and oxygen atoms in total. The van der Waals surface area contributed by atoms with Crippen molar-refractivity contribution in [2.75, 3.05) is 26.8 Å². The highest BCUT2D eigenvalue weighted by molar-refractivity contribution is 5.42. The molecule has 0 spiro atoms. The van der Waals surface area contributed by atoms with E-state index < -0.39 is 5.60 Å². The average Bonchev–Trinajstić information content (AvgIpc) is 2.98. The average molecular weight is 317 g/mol. The maximum Gasteiger partial charge on any atom is 0.126 e. The van der Waals surface area contributed by atoms with Crippen LogP contribution in [0.4, 0.5) is 0 Å². The van der Waals surface area contributed by atoms with Gasteiger partial charge in [0.05, 0.1) is 13.2 Å². The minimum atomic E-state index is -0.415. The fraction of sp³-hybridized carbons (Fsp3) is 0.474. The van der Waals surface area contributed by atoms with Gasteiger partial charge in [-0.15, -0.1) is 0 Å². The normalized spacial score (nSPS) is 12.3. The van der Waals surface area contributed by atoms with E-state index in [2.05, 4.69) is 23.7 Å². The molecule has 0 aliphatic carbocycles. The molecule has 126 valence electrons. The maximum absolute atomic E-state index is 8.76. The van der Waals surface area contributed by atoms with Gasteiger partial charge in [0.15, 0.2) is 0 Å². The quantitative estimate of drug-likeness (QED) is 0.749. The monoisotopic (exact) mass is 317 g/mol. The summed E-state index contributed by atoms with van der Waals surface area (Å²) in [6, 6.07) is 3.87. The maximum atomic E-state index is 8.76. The number of ether oxygens (including phenoxy) is 1. The van der Waals surface area contributed by atoms with Gasteiger partial charge in [0.2, 0.25) is 0 Å². The van der Waals surface area contributed by atoms with E-state index >= 15 is 0 Å². The van der Waals surface area contributed by atoms with E-state index in [0.29, 0.717) is 0 Å². The number of allylic oxidation sites excluding steroid dienone is 1. The van der Waals surface area contributed by atoms with Crippen molar-refractivity contribution in [1.29, 1.82) is 0 Å². The lowest BCUT2D eigenvalue weighted by atomic mass is 10.1. The molecule has 1 aromatic heterocycles. The number of likely N-dealkylation sites (N-methyl/N-ethyl adjacent to an activating group) is 1. The number of hydrogen-bond donors (Lipinski definition) is 1. The second-order valence-electron chi connectivity index (χ2n) is 5.60. The lowest BCUT2D eigenvalue weighted by Crippen LogP contribution is -2.22. The molecule has 0 atom stereocenters. The van der Waals surface area contributed by atoms with Crippen LogP contribution < -0.4 is 0 Å². The highest BCUT2D eigenvalue weighted by Crippen LogP contribution is 2.12. The Kier molecular flexibility index (Phi) is 8.42. The summed E-state index contributed by atoms with van der Waals surface area (Å²) >= 11 is 0. The van der Waals surface area contributed by atoms with Gasteiger partial charge in [-0.1, -0.05) is 30.9 Å². The van der Waals surface area contributed by atoms with Gasteiger partial charge in [0.25, 0.3) is 0 Å². The van der Waals surface area contributed by atoms with Gasteiger partial charge in [-0.05, 0) is 44.7 Å². The third kappa shape index (κ3) is 7.85. The number of methoxy groups -OCH3 is 1. The van der Waals surface area contributed by atoms with E-state index in [0.717, 1.165) is 31.2 Å². The van der Waals surface area contributed by atoms with Crippen LogP contribution in [0, 0.1) is 11.8 Å². The van der Waals surface area contributed by atoms with Crippen molar-refractivity contribution in [3.63, 3.8) is 0 Å². The molecular weight excluding hydrogens is 290 g/mol. The van der Waals surface area contributed by atoms with Crippen LogP contribution in [0.25, 0.3) is 6.08 Å². The molecular formula is C19H27NO3. The molecule has 0 saturated heterocycles. The summed E-state index contributed by atoms with van der Waals surface area (Å²) in [5.41, 5.74) is -0.415. The Morgan fingerprint density at radius 3 is 2.78 bits per heavy atom. The second-order valence-corrected chi connectivity index (χ2v) is 5.60. The summed E-state index contributed by atoms with van der Waals surface area (Å²) in [7, 11) is 1.66. The van der Waals surface area contributed by atoms with Gasteiger partial charge in [0.1, 0.15) is 17.1 Å². The van der Waals surface area contributed by atoms with Crippen LogP contribution in [-0.2, 0) is 11.3 Å². The molecule has 0 amide bonds. The first-order chi connectivity index (χ1) is 11.0. The van der Waals surface area contributed by atoms with E-state index in [-0.39, 0.29) is 6.61 Å². The second kappa shape index (κ2) is 10.1. The highest BCUT2D eigenvalue weighted by Gasteiger charge is 2.10. The Morgan fingerprint density at radius 2 is 2.13 bits per heavy atom. The summed E-state index contributed by atoms with van der Waals surface area (Å²) < 4.78 is 10.9. The fourth-order valence-corrected chi connectivity index (χ4v) is 1.79. The van der Waals surface area contributed by atoms with Crippen LogP contribution in [0.3, 0.4) is 0 Å². The first-order valence-corrected chi connectivity index (χ1v) is 7.82. The highest BCUT2D eigenvalue weighted by atomic mass is 16.5. The van der Waals surface area contributed by atoms with Crippen molar-refractivity contribution in [1.82, 2.24) is 4.90 Å². The molecule has 1 heterocycles. The van der Waals surface area contributed by atoms with E-state index in [1.54, 1.807) is 19.3 Å². The zero-order valence-corrected chi connectivity index (χ0v) is 14.5. The van der Waals surface area contributed by atoms with E-state index in [9.17, 15) is 0 Å². The summed E-state index contributed by atoms with van der Waals surface area (Å²) in [5.74, 6) is 7.72. The van der Waals surface area contributed by atoms with Gasteiger partial charge >= 0.3 is 0 Å². The van der Waals surface area contributed by atoms with Crippen LogP contribution in [-0.4, -0.2) is 42.4 Å². The lowest BCUT2D eigenvalue weighted by molar-refractivity contribution is 0.0742. The largest absolute Gasteiger partial charge is 0.460 e. The molecule has 4 heteroatoms. The van der Waals surface area contributed by atoms with Gasteiger partial charge in [-0.25, -0.2) is 0 Å². The summed E-state index contributed by atoms with van der Waals surface area (Å²) in [6.07, 6.45) is 7.33. The number of hydrogen-bond acceptors (Lipinski definition) is 4. The molecule has 0 radical (unpaired) electrons. The third-order valence-electron chi connectivity index (χ3n) is 3.34. The Balaban J connectivity index is 2.51. The van der Waals surface area contributed by atoms with Gasteiger partial charge in [0, 0.05) is 13.7 Å². The molecule has 0 fully saturated rings. The summed E-state index contributed by atoms with van der Waals surface area (Å²) in [6.45, 7) is 8.47. The van der Waals surface area contributed by atoms with Crippen molar-refractivity contribution < 1.29 is 14.3 Å². The Labute approximate surface area is 139 Å². The Hall–Kier alpha value is -1.80. The van der Waals surface area contributed by atoms with Crippen LogP contribution in [0.5, 0.6) is 0 Å². The molecule has 23 heavy (non-hydrogen) atoms. The molecule has 0 unspecified atom stereocenters. The Bertz CT molecular complexity index is 573. The smallest absolute Gasteiger partial charge is 0.126 e. The van der Waals surface area contributed by atoms with E-state index in [4.69, 9.17) is 14.3 Å². The molecule has 1 aromatic rings. The van der Waals surface area contributed by atoms with E-state index in [1.807, 2.05) is 38.1 Å².